The molecule has 0 aliphatic heterocycles. The fourth-order valence-corrected chi connectivity index (χ4v) is 2.35. The van der Waals surface area contributed by atoms with E-state index in [1.165, 1.54) is 6.07 Å². The molecule has 2 aromatic carbocycles. The smallest absolute Gasteiger partial charge is 0.336 e. The summed E-state index contributed by atoms with van der Waals surface area (Å²) in [4.78, 5) is 15.5. The van der Waals surface area contributed by atoms with Crippen molar-refractivity contribution in [2.45, 2.75) is 0 Å². The molecule has 0 saturated heterocycles. The number of aliphatic imine (C=N–C) groups is 1. The van der Waals surface area contributed by atoms with Crippen molar-refractivity contribution in [1.29, 1.82) is 0 Å². The summed E-state index contributed by atoms with van der Waals surface area (Å²) < 4.78 is 5.07. The van der Waals surface area contributed by atoms with Gasteiger partial charge in [-0.2, -0.15) is 0 Å². The van der Waals surface area contributed by atoms with Crippen molar-refractivity contribution in [2.75, 3.05) is 0 Å². The fourth-order valence-electron chi connectivity index (χ4n) is 1.89. The Bertz CT molecular complexity index is 900. The molecule has 0 fully saturated rings. The molecule has 0 saturated carbocycles. The summed E-state index contributed by atoms with van der Waals surface area (Å²) in [5.74, 6) is 0. The van der Waals surface area contributed by atoms with Gasteiger partial charge < -0.3 is 4.42 Å². The molecule has 0 bridgehead atoms. The van der Waals surface area contributed by atoms with E-state index in [0.717, 1.165) is 16.6 Å². The van der Waals surface area contributed by atoms with Crippen LogP contribution in [-0.2, 0) is 0 Å². The predicted molar refractivity (Wildman–Crippen MR) is 86.2 cm³/mol. The largest absolute Gasteiger partial charge is 0.423 e. The van der Waals surface area contributed by atoms with Crippen LogP contribution in [0.1, 0.15) is 5.56 Å². The van der Waals surface area contributed by atoms with Gasteiger partial charge in [0.25, 0.3) is 0 Å². The SMILES string of the molecule is O=c1ccc2cc(N=Cc3ccc(Cl)cc3Cl)ccc2o1. The van der Waals surface area contributed by atoms with E-state index in [4.69, 9.17) is 27.6 Å². The molecule has 1 aromatic heterocycles. The standard InChI is InChI=1S/C16H9Cl2NO2/c17-12-3-1-11(14(18)8-12)9-19-13-4-5-15-10(7-13)2-6-16(20)21-15/h1-9H. The second kappa shape index (κ2) is 5.72. The number of halogens is 2. The summed E-state index contributed by atoms with van der Waals surface area (Å²) in [6.07, 6.45) is 1.67. The number of nitrogens with zero attached hydrogens (tertiary/aromatic N) is 1. The van der Waals surface area contributed by atoms with E-state index in [9.17, 15) is 4.79 Å². The first-order valence-corrected chi connectivity index (χ1v) is 6.90. The Balaban J connectivity index is 1.95. The molecule has 3 rings (SSSR count). The van der Waals surface area contributed by atoms with Gasteiger partial charge in [-0.05, 0) is 36.4 Å². The lowest BCUT2D eigenvalue weighted by atomic mass is 10.2. The molecule has 0 unspecified atom stereocenters. The number of hydrogen-bond acceptors (Lipinski definition) is 3. The molecule has 0 N–H and O–H groups in total. The van der Waals surface area contributed by atoms with Gasteiger partial charge in [-0.15, -0.1) is 0 Å². The summed E-state index contributed by atoms with van der Waals surface area (Å²) >= 11 is 11.9. The van der Waals surface area contributed by atoms with Crippen LogP contribution < -0.4 is 5.63 Å². The molecule has 21 heavy (non-hydrogen) atoms. The maximum Gasteiger partial charge on any atom is 0.336 e. The number of benzene rings is 2. The monoisotopic (exact) mass is 317 g/mol. The summed E-state index contributed by atoms with van der Waals surface area (Å²) in [5.41, 5.74) is 1.68. The second-order valence-electron chi connectivity index (χ2n) is 4.40. The van der Waals surface area contributed by atoms with Crippen molar-refractivity contribution in [3.63, 3.8) is 0 Å². The third kappa shape index (κ3) is 3.15. The zero-order valence-corrected chi connectivity index (χ0v) is 12.2. The van der Waals surface area contributed by atoms with E-state index < -0.39 is 0 Å². The maximum absolute atomic E-state index is 11.1. The maximum atomic E-state index is 11.1. The van der Waals surface area contributed by atoms with E-state index in [0.29, 0.717) is 15.6 Å². The number of fused-ring (bicyclic) bond motifs is 1. The summed E-state index contributed by atoms with van der Waals surface area (Å²) in [5, 5.41) is 1.93. The first kappa shape index (κ1) is 13.9. The highest BCUT2D eigenvalue weighted by molar-refractivity contribution is 6.36. The van der Waals surface area contributed by atoms with Crippen molar-refractivity contribution in [2.24, 2.45) is 4.99 Å². The van der Waals surface area contributed by atoms with Crippen LogP contribution >= 0.6 is 23.2 Å². The lowest BCUT2D eigenvalue weighted by Gasteiger charge is -2.00. The van der Waals surface area contributed by atoms with Gasteiger partial charge >= 0.3 is 5.63 Å². The van der Waals surface area contributed by atoms with Crippen LogP contribution in [0.3, 0.4) is 0 Å². The van der Waals surface area contributed by atoms with Crippen molar-refractivity contribution >= 4 is 46.1 Å². The van der Waals surface area contributed by atoms with Crippen molar-refractivity contribution < 1.29 is 4.42 Å². The van der Waals surface area contributed by atoms with E-state index in [2.05, 4.69) is 4.99 Å². The van der Waals surface area contributed by atoms with Crippen molar-refractivity contribution in [3.05, 3.63) is 74.6 Å². The molecule has 5 heteroatoms. The molecule has 0 spiro atoms. The molecule has 104 valence electrons. The zero-order valence-electron chi connectivity index (χ0n) is 10.7. The Labute approximate surface area is 130 Å². The number of hydrogen-bond donors (Lipinski definition) is 0. The van der Waals surface area contributed by atoms with Gasteiger partial charge in [-0.3, -0.25) is 4.99 Å². The molecule has 0 aliphatic rings. The fraction of sp³-hybridized carbons (Fsp3) is 0. The minimum absolute atomic E-state index is 0.369. The Hall–Kier alpha value is -2.10. The molecule has 0 amide bonds. The summed E-state index contributed by atoms with van der Waals surface area (Å²) in [6, 6.07) is 13.6. The summed E-state index contributed by atoms with van der Waals surface area (Å²) in [7, 11) is 0. The van der Waals surface area contributed by atoms with Crippen molar-refractivity contribution in [1.82, 2.24) is 0 Å². The molecule has 0 radical (unpaired) electrons. The Kier molecular flexibility index (Phi) is 3.78. The zero-order chi connectivity index (χ0) is 14.8. The number of rotatable bonds is 2. The van der Waals surface area contributed by atoms with E-state index in [1.807, 2.05) is 6.07 Å². The van der Waals surface area contributed by atoms with E-state index >= 15 is 0 Å². The molecule has 3 nitrogen and oxygen atoms in total. The normalized spacial score (nSPS) is 11.3. The average molecular weight is 318 g/mol. The average Bonchev–Trinajstić information content (AvgIpc) is 2.46. The van der Waals surface area contributed by atoms with Gasteiger partial charge in [-0.25, -0.2) is 4.79 Å². The van der Waals surface area contributed by atoms with Gasteiger partial charge in [0, 0.05) is 28.3 Å². The van der Waals surface area contributed by atoms with Crippen LogP contribution in [0.5, 0.6) is 0 Å². The first-order chi connectivity index (χ1) is 10.1. The van der Waals surface area contributed by atoms with Gasteiger partial charge in [-0.1, -0.05) is 29.3 Å². The van der Waals surface area contributed by atoms with E-state index in [1.54, 1.807) is 42.6 Å². The highest BCUT2D eigenvalue weighted by atomic mass is 35.5. The van der Waals surface area contributed by atoms with Gasteiger partial charge in [0.05, 0.1) is 10.7 Å². The van der Waals surface area contributed by atoms with Gasteiger partial charge in [0.2, 0.25) is 0 Å². The van der Waals surface area contributed by atoms with Crippen LogP contribution in [0.4, 0.5) is 5.69 Å². The minimum Gasteiger partial charge on any atom is -0.423 e. The predicted octanol–water partition coefficient (Wildman–Crippen LogP) is 4.85. The van der Waals surface area contributed by atoms with Crippen molar-refractivity contribution in [3.8, 4) is 0 Å². The minimum atomic E-state index is -0.369. The highest BCUT2D eigenvalue weighted by Gasteiger charge is 2.00. The Morgan fingerprint density at radius 3 is 2.67 bits per heavy atom. The van der Waals surface area contributed by atoms with Crippen LogP contribution in [-0.4, -0.2) is 6.21 Å². The van der Waals surface area contributed by atoms with Crippen LogP contribution in [0.15, 0.2) is 62.7 Å². The van der Waals surface area contributed by atoms with Crippen LogP contribution in [0.2, 0.25) is 10.0 Å². The Morgan fingerprint density at radius 1 is 1.00 bits per heavy atom. The second-order valence-corrected chi connectivity index (χ2v) is 5.24. The summed E-state index contributed by atoms with van der Waals surface area (Å²) in [6.45, 7) is 0. The molecule has 0 atom stereocenters. The van der Waals surface area contributed by atoms with Crippen LogP contribution in [0.25, 0.3) is 11.0 Å². The first-order valence-electron chi connectivity index (χ1n) is 6.15. The third-order valence-electron chi connectivity index (χ3n) is 2.92. The van der Waals surface area contributed by atoms with Gasteiger partial charge in [0.15, 0.2) is 0 Å². The highest BCUT2D eigenvalue weighted by Crippen LogP contribution is 2.22. The molecule has 1 heterocycles. The lowest BCUT2D eigenvalue weighted by Crippen LogP contribution is -1.93. The quantitative estimate of drug-likeness (QED) is 0.501. The molecule has 0 aliphatic carbocycles. The topological polar surface area (TPSA) is 42.6 Å². The Morgan fingerprint density at radius 2 is 1.86 bits per heavy atom. The third-order valence-corrected chi connectivity index (χ3v) is 3.48. The molecular formula is C16H9Cl2NO2. The lowest BCUT2D eigenvalue weighted by molar-refractivity contribution is 0.561. The molecule has 3 aromatic rings. The van der Waals surface area contributed by atoms with E-state index in [-0.39, 0.29) is 5.63 Å². The van der Waals surface area contributed by atoms with Gasteiger partial charge in [0.1, 0.15) is 5.58 Å². The molecular weight excluding hydrogens is 309 g/mol. The van der Waals surface area contributed by atoms with Crippen LogP contribution in [0, 0.1) is 0 Å².